The molecule has 23 heavy (non-hydrogen) atoms. The molecule has 0 unspecified atom stereocenters. The molecule has 1 aromatic heterocycles. The Morgan fingerprint density at radius 1 is 1.00 bits per heavy atom. The van der Waals surface area contributed by atoms with Gasteiger partial charge < -0.3 is 19.4 Å². The van der Waals surface area contributed by atoms with Gasteiger partial charge >= 0.3 is 0 Å². The highest BCUT2D eigenvalue weighted by Gasteiger charge is 2.25. The molecule has 8 nitrogen and oxygen atoms in total. The van der Waals surface area contributed by atoms with E-state index in [0.29, 0.717) is 45.1 Å². The lowest BCUT2D eigenvalue weighted by Gasteiger charge is -2.34. The number of carbonyl (C=O) groups is 2. The topological polar surface area (TPSA) is 78.9 Å². The van der Waals surface area contributed by atoms with Crippen molar-refractivity contribution in [2.24, 2.45) is 0 Å². The van der Waals surface area contributed by atoms with Crippen molar-refractivity contribution in [1.29, 1.82) is 0 Å². The lowest BCUT2D eigenvalue weighted by atomic mass is 10.2. The summed E-state index contributed by atoms with van der Waals surface area (Å²) in [7, 11) is 0. The largest absolute Gasteiger partial charge is 0.378 e. The van der Waals surface area contributed by atoms with Crippen LogP contribution in [0.15, 0.2) is 12.4 Å². The van der Waals surface area contributed by atoms with Gasteiger partial charge in [-0.25, -0.2) is 9.97 Å². The maximum Gasteiger partial charge on any atom is 0.272 e. The summed E-state index contributed by atoms with van der Waals surface area (Å²) in [5.41, 5.74) is 0.401. The average molecular weight is 319 g/mol. The molecule has 124 valence electrons. The third kappa shape index (κ3) is 3.58. The predicted molar refractivity (Wildman–Crippen MR) is 83.2 cm³/mol. The van der Waals surface area contributed by atoms with Gasteiger partial charge in [0.1, 0.15) is 17.8 Å². The van der Waals surface area contributed by atoms with Gasteiger partial charge in [0.05, 0.1) is 13.2 Å². The SMILES string of the molecule is CC(=O)N1CCN(C(=O)c2cc(N3CCOCC3)ncn2)CC1. The van der Waals surface area contributed by atoms with Crippen molar-refractivity contribution in [2.45, 2.75) is 6.92 Å². The maximum atomic E-state index is 12.6. The molecule has 8 heteroatoms. The molecule has 0 saturated carbocycles. The van der Waals surface area contributed by atoms with Crippen LogP contribution in [0.25, 0.3) is 0 Å². The number of carbonyl (C=O) groups excluding carboxylic acids is 2. The van der Waals surface area contributed by atoms with Crippen LogP contribution in [-0.2, 0) is 9.53 Å². The van der Waals surface area contributed by atoms with E-state index < -0.39 is 0 Å². The first-order valence-corrected chi connectivity index (χ1v) is 7.84. The Kier molecular flexibility index (Phi) is 4.71. The first-order valence-electron chi connectivity index (χ1n) is 7.84. The highest BCUT2D eigenvalue weighted by Crippen LogP contribution is 2.15. The highest BCUT2D eigenvalue weighted by atomic mass is 16.5. The van der Waals surface area contributed by atoms with Crippen LogP contribution in [0.3, 0.4) is 0 Å². The van der Waals surface area contributed by atoms with Crippen LogP contribution >= 0.6 is 0 Å². The molecular weight excluding hydrogens is 298 g/mol. The van der Waals surface area contributed by atoms with Crippen molar-refractivity contribution in [1.82, 2.24) is 19.8 Å². The summed E-state index contributed by atoms with van der Waals surface area (Å²) in [5.74, 6) is 0.702. The lowest BCUT2D eigenvalue weighted by molar-refractivity contribution is -0.130. The van der Waals surface area contributed by atoms with Gasteiger partial charge in [-0.3, -0.25) is 9.59 Å². The second-order valence-electron chi connectivity index (χ2n) is 5.66. The van der Waals surface area contributed by atoms with Crippen molar-refractivity contribution in [2.75, 3.05) is 57.4 Å². The third-order valence-electron chi connectivity index (χ3n) is 4.22. The molecule has 2 aliphatic rings. The van der Waals surface area contributed by atoms with E-state index in [1.165, 1.54) is 6.33 Å². The van der Waals surface area contributed by atoms with Crippen LogP contribution in [0.5, 0.6) is 0 Å². The van der Waals surface area contributed by atoms with Gasteiger partial charge in [-0.1, -0.05) is 0 Å². The number of anilines is 1. The first-order chi connectivity index (χ1) is 11.1. The van der Waals surface area contributed by atoms with Crippen LogP contribution < -0.4 is 4.90 Å². The van der Waals surface area contributed by atoms with Crippen molar-refractivity contribution < 1.29 is 14.3 Å². The summed E-state index contributed by atoms with van der Waals surface area (Å²) in [6, 6.07) is 1.74. The van der Waals surface area contributed by atoms with Gasteiger partial charge in [-0.15, -0.1) is 0 Å². The van der Waals surface area contributed by atoms with Gasteiger partial charge in [0.25, 0.3) is 5.91 Å². The van der Waals surface area contributed by atoms with E-state index in [2.05, 4.69) is 14.9 Å². The van der Waals surface area contributed by atoms with E-state index >= 15 is 0 Å². The monoisotopic (exact) mass is 319 g/mol. The van der Waals surface area contributed by atoms with Gasteiger partial charge in [0.15, 0.2) is 0 Å². The standard InChI is InChI=1S/C15H21N5O3/c1-12(21)18-2-4-20(5-3-18)15(22)13-10-14(17-11-16-13)19-6-8-23-9-7-19/h10-11H,2-9H2,1H3. The van der Waals surface area contributed by atoms with E-state index in [-0.39, 0.29) is 11.8 Å². The smallest absolute Gasteiger partial charge is 0.272 e. The Labute approximate surface area is 135 Å². The lowest BCUT2D eigenvalue weighted by Crippen LogP contribution is -2.50. The van der Waals surface area contributed by atoms with E-state index in [1.807, 2.05) is 0 Å². The van der Waals surface area contributed by atoms with Crippen LogP contribution in [-0.4, -0.2) is 84.1 Å². The molecule has 2 aliphatic heterocycles. The summed E-state index contributed by atoms with van der Waals surface area (Å²) >= 11 is 0. The fourth-order valence-electron chi connectivity index (χ4n) is 2.82. The molecule has 3 rings (SSSR count). The number of nitrogens with zero attached hydrogens (tertiary/aromatic N) is 5. The Balaban J connectivity index is 1.67. The van der Waals surface area contributed by atoms with E-state index in [9.17, 15) is 9.59 Å². The minimum atomic E-state index is -0.106. The molecule has 3 heterocycles. The van der Waals surface area contributed by atoms with Gasteiger partial charge in [-0.05, 0) is 0 Å². The Bertz CT molecular complexity index is 580. The molecule has 0 aromatic carbocycles. The molecule has 0 spiro atoms. The molecule has 0 bridgehead atoms. The number of hydrogen-bond acceptors (Lipinski definition) is 6. The normalized spacial score (nSPS) is 18.9. The number of aromatic nitrogens is 2. The summed E-state index contributed by atoms with van der Waals surface area (Å²) in [5, 5.41) is 0. The number of rotatable bonds is 2. The zero-order valence-corrected chi connectivity index (χ0v) is 13.3. The number of amides is 2. The fourth-order valence-corrected chi connectivity index (χ4v) is 2.82. The molecule has 0 atom stereocenters. The Hall–Kier alpha value is -2.22. The van der Waals surface area contributed by atoms with Gasteiger partial charge in [0, 0.05) is 52.3 Å². The average Bonchev–Trinajstić information content (AvgIpc) is 2.62. The summed E-state index contributed by atoms with van der Waals surface area (Å²) in [4.78, 5) is 37.9. The number of morpholine rings is 1. The molecular formula is C15H21N5O3. The molecule has 2 fully saturated rings. The van der Waals surface area contributed by atoms with Gasteiger partial charge in [0.2, 0.25) is 5.91 Å². The Morgan fingerprint density at radius 3 is 2.30 bits per heavy atom. The summed E-state index contributed by atoms with van der Waals surface area (Å²) in [6.45, 7) is 6.64. The molecule has 2 amide bonds. The minimum Gasteiger partial charge on any atom is -0.378 e. The second kappa shape index (κ2) is 6.91. The third-order valence-corrected chi connectivity index (χ3v) is 4.22. The quantitative estimate of drug-likeness (QED) is 0.739. The van der Waals surface area contributed by atoms with E-state index in [0.717, 1.165) is 18.9 Å². The molecule has 2 saturated heterocycles. The molecule has 0 N–H and O–H groups in total. The predicted octanol–water partition coefficient (Wildman–Crippen LogP) is -0.382. The zero-order chi connectivity index (χ0) is 16.2. The summed E-state index contributed by atoms with van der Waals surface area (Å²) in [6.07, 6.45) is 1.43. The molecule has 1 aromatic rings. The van der Waals surface area contributed by atoms with Crippen molar-refractivity contribution in [3.05, 3.63) is 18.1 Å². The van der Waals surface area contributed by atoms with Crippen LogP contribution in [0.2, 0.25) is 0 Å². The van der Waals surface area contributed by atoms with Crippen molar-refractivity contribution >= 4 is 17.6 Å². The number of piperazine rings is 1. The zero-order valence-electron chi connectivity index (χ0n) is 13.3. The molecule has 0 aliphatic carbocycles. The number of ether oxygens (including phenoxy) is 1. The molecule has 0 radical (unpaired) electrons. The number of hydrogen-bond donors (Lipinski definition) is 0. The summed E-state index contributed by atoms with van der Waals surface area (Å²) < 4.78 is 5.33. The maximum absolute atomic E-state index is 12.6. The Morgan fingerprint density at radius 2 is 1.65 bits per heavy atom. The second-order valence-corrected chi connectivity index (χ2v) is 5.66. The fraction of sp³-hybridized carbons (Fsp3) is 0.600. The van der Waals surface area contributed by atoms with Crippen molar-refractivity contribution in [3.63, 3.8) is 0 Å². The van der Waals surface area contributed by atoms with Gasteiger partial charge in [-0.2, -0.15) is 0 Å². The van der Waals surface area contributed by atoms with Crippen LogP contribution in [0.1, 0.15) is 17.4 Å². The van der Waals surface area contributed by atoms with E-state index in [1.54, 1.807) is 22.8 Å². The van der Waals surface area contributed by atoms with Crippen LogP contribution in [0, 0.1) is 0 Å². The van der Waals surface area contributed by atoms with E-state index in [4.69, 9.17) is 4.74 Å². The minimum absolute atomic E-state index is 0.0498. The highest BCUT2D eigenvalue weighted by molar-refractivity contribution is 5.93. The first kappa shape index (κ1) is 15.7. The van der Waals surface area contributed by atoms with Crippen molar-refractivity contribution in [3.8, 4) is 0 Å². The van der Waals surface area contributed by atoms with Crippen LogP contribution in [0.4, 0.5) is 5.82 Å².